The van der Waals surface area contributed by atoms with Gasteiger partial charge in [-0.3, -0.25) is 9.59 Å². The van der Waals surface area contributed by atoms with E-state index in [1.807, 2.05) is 6.92 Å². The normalized spacial score (nSPS) is 14.9. The summed E-state index contributed by atoms with van der Waals surface area (Å²) < 4.78 is 25.9. The first-order chi connectivity index (χ1) is 16.4. The number of benzene rings is 2. The van der Waals surface area contributed by atoms with E-state index in [9.17, 15) is 14.0 Å². The highest BCUT2D eigenvalue weighted by Gasteiger charge is 2.30. The maximum absolute atomic E-state index is 14.5. The van der Waals surface area contributed by atoms with E-state index in [1.54, 1.807) is 31.2 Å². The topological polar surface area (TPSA) is 115 Å². The van der Waals surface area contributed by atoms with Gasteiger partial charge in [-0.2, -0.15) is 4.98 Å². The van der Waals surface area contributed by atoms with Crippen molar-refractivity contribution in [3.63, 3.8) is 0 Å². The predicted octanol–water partition coefficient (Wildman–Crippen LogP) is 4.11. The first-order valence-electron chi connectivity index (χ1n) is 11.3. The lowest BCUT2D eigenvalue weighted by Crippen LogP contribution is -2.35. The van der Waals surface area contributed by atoms with Crippen molar-refractivity contribution in [3.8, 4) is 17.1 Å². The van der Waals surface area contributed by atoms with E-state index in [2.05, 4.69) is 15.5 Å². The molecule has 0 aliphatic heterocycles. The van der Waals surface area contributed by atoms with Gasteiger partial charge in [0.05, 0.1) is 12.2 Å². The zero-order valence-corrected chi connectivity index (χ0v) is 19.0. The summed E-state index contributed by atoms with van der Waals surface area (Å²) in [6.07, 6.45) is 1.93. The SMILES string of the molecule is CC[C@@H](Oc1ccc(C(=O)C2CC2)cc1)c1nc(-c2ccc(C(=O)N[C@@H](C)CO)c(F)c2)no1. The van der Waals surface area contributed by atoms with Crippen LogP contribution in [0.5, 0.6) is 5.75 Å². The van der Waals surface area contributed by atoms with Gasteiger partial charge in [0, 0.05) is 23.1 Å². The molecule has 178 valence electrons. The second-order valence-corrected chi connectivity index (χ2v) is 8.39. The van der Waals surface area contributed by atoms with Gasteiger partial charge in [-0.1, -0.05) is 18.1 Å². The van der Waals surface area contributed by atoms with Crippen molar-refractivity contribution in [1.29, 1.82) is 0 Å². The van der Waals surface area contributed by atoms with Gasteiger partial charge in [0.25, 0.3) is 11.8 Å². The third kappa shape index (κ3) is 5.31. The van der Waals surface area contributed by atoms with E-state index in [1.165, 1.54) is 12.1 Å². The Bertz CT molecular complexity index is 1170. The molecule has 0 unspecified atom stereocenters. The average Bonchev–Trinajstić information content (AvgIpc) is 3.58. The second kappa shape index (κ2) is 10.1. The number of hydrogen-bond donors (Lipinski definition) is 2. The minimum absolute atomic E-state index is 0.147. The van der Waals surface area contributed by atoms with Crippen LogP contribution in [-0.2, 0) is 0 Å². The van der Waals surface area contributed by atoms with Crippen LogP contribution in [0.4, 0.5) is 4.39 Å². The lowest BCUT2D eigenvalue weighted by atomic mass is 10.1. The molecule has 1 saturated carbocycles. The third-order valence-corrected chi connectivity index (χ3v) is 5.58. The van der Waals surface area contributed by atoms with Crippen LogP contribution in [0, 0.1) is 11.7 Å². The van der Waals surface area contributed by atoms with E-state index in [4.69, 9.17) is 14.4 Å². The number of ether oxygens (including phenoxy) is 1. The number of carbonyl (C=O) groups excluding carboxylic acids is 2. The molecular formula is C25H26FN3O5. The number of nitrogens with zero attached hydrogens (tertiary/aromatic N) is 2. The third-order valence-electron chi connectivity index (χ3n) is 5.58. The van der Waals surface area contributed by atoms with Crippen molar-refractivity contribution in [3.05, 3.63) is 65.3 Å². The van der Waals surface area contributed by atoms with Gasteiger partial charge in [0.1, 0.15) is 11.6 Å². The number of halogens is 1. The lowest BCUT2D eigenvalue weighted by molar-refractivity contribution is 0.0917. The first-order valence-corrected chi connectivity index (χ1v) is 11.3. The van der Waals surface area contributed by atoms with Gasteiger partial charge in [0.15, 0.2) is 11.9 Å². The van der Waals surface area contributed by atoms with Crippen LogP contribution in [0.2, 0.25) is 0 Å². The number of carbonyl (C=O) groups is 2. The van der Waals surface area contributed by atoms with Crippen molar-refractivity contribution in [2.24, 2.45) is 5.92 Å². The number of rotatable bonds is 10. The Morgan fingerprint density at radius 3 is 2.59 bits per heavy atom. The van der Waals surface area contributed by atoms with Gasteiger partial charge >= 0.3 is 0 Å². The van der Waals surface area contributed by atoms with Crippen LogP contribution >= 0.6 is 0 Å². The summed E-state index contributed by atoms with van der Waals surface area (Å²) in [6.45, 7) is 3.26. The molecule has 0 radical (unpaired) electrons. The van der Waals surface area contributed by atoms with Crippen molar-refractivity contribution < 1.29 is 28.3 Å². The molecule has 2 aromatic carbocycles. The molecule has 4 rings (SSSR count). The second-order valence-electron chi connectivity index (χ2n) is 8.39. The smallest absolute Gasteiger partial charge is 0.268 e. The standard InChI is InChI=1S/C25H26FN3O5/c1-3-21(33-18-9-6-16(7-10-18)22(31)15-4-5-15)25-28-23(29-34-25)17-8-11-19(20(26)12-17)24(32)27-14(2)13-30/h6-12,14-15,21,30H,3-5,13H2,1-2H3,(H,27,32)/t14-,21+/m0/s1. The Balaban J connectivity index is 1.45. The van der Waals surface area contributed by atoms with Crippen LogP contribution in [0.3, 0.4) is 0 Å². The predicted molar refractivity (Wildman–Crippen MR) is 121 cm³/mol. The maximum Gasteiger partial charge on any atom is 0.268 e. The number of ketones is 1. The lowest BCUT2D eigenvalue weighted by Gasteiger charge is -2.13. The largest absolute Gasteiger partial charge is 0.481 e. The molecule has 0 saturated heterocycles. The summed E-state index contributed by atoms with van der Waals surface area (Å²) in [5.41, 5.74) is 0.871. The molecule has 0 spiro atoms. The Hall–Kier alpha value is -3.59. The molecule has 9 heteroatoms. The molecule has 3 aromatic rings. The van der Waals surface area contributed by atoms with E-state index >= 15 is 0 Å². The molecule has 1 aromatic heterocycles. The van der Waals surface area contributed by atoms with Gasteiger partial charge in [-0.05, 0) is 62.6 Å². The summed E-state index contributed by atoms with van der Waals surface area (Å²) in [7, 11) is 0. The molecule has 1 amide bonds. The first kappa shape index (κ1) is 23.6. The average molecular weight is 467 g/mol. The minimum Gasteiger partial charge on any atom is -0.481 e. The highest BCUT2D eigenvalue weighted by atomic mass is 19.1. The van der Waals surface area contributed by atoms with Gasteiger partial charge in [0.2, 0.25) is 5.82 Å². The molecule has 2 N–H and O–H groups in total. The molecular weight excluding hydrogens is 441 g/mol. The van der Waals surface area contributed by atoms with Crippen LogP contribution in [-0.4, -0.2) is 39.6 Å². The Morgan fingerprint density at radius 2 is 1.97 bits per heavy atom. The number of aliphatic hydroxyl groups is 1. The summed E-state index contributed by atoms with van der Waals surface area (Å²) in [6, 6.07) is 10.5. The number of Topliss-reactive ketones (excluding diaryl/α,β-unsaturated/α-hetero) is 1. The van der Waals surface area contributed by atoms with E-state index < -0.39 is 23.9 Å². The number of nitrogens with one attached hydrogen (secondary N) is 1. The molecule has 2 atom stereocenters. The highest BCUT2D eigenvalue weighted by molar-refractivity contribution is 5.99. The molecule has 34 heavy (non-hydrogen) atoms. The number of hydrogen-bond acceptors (Lipinski definition) is 7. The summed E-state index contributed by atoms with van der Waals surface area (Å²) in [5, 5.41) is 15.5. The van der Waals surface area contributed by atoms with Crippen molar-refractivity contribution >= 4 is 11.7 Å². The fraction of sp³-hybridized carbons (Fsp3) is 0.360. The van der Waals surface area contributed by atoms with E-state index in [0.29, 0.717) is 23.3 Å². The van der Waals surface area contributed by atoms with Crippen LogP contribution in [0.15, 0.2) is 47.0 Å². The van der Waals surface area contributed by atoms with Crippen LogP contribution in [0.1, 0.15) is 65.8 Å². The highest BCUT2D eigenvalue weighted by Crippen LogP contribution is 2.33. The molecule has 1 aliphatic carbocycles. The van der Waals surface area contributed by atoms with Gasteiger partial charge in [-0.25, -0.2) is 4.39 Å². The molecule has 8 nitrogen and oxygen atoms in total. The molecule has 1 aliphatic rings. The van der Waals surface area contributed by atoms with Gasteiger partial charge < -0.3 is 19.7 Å². The van der Waals surface area contributed by atoms with Crippen molar-refractivity contribution in [1.82, 2.24) is 15.5 Å². The number of amides is 1. The molecule has 0 bridgehead atoms. The minimum atomic E-state index is -0.740. The molecule has 1 fully saturated rings. The fourth-order valence-corrected chi connectivity index (χ4v) is 3.42. The van der Waals surface area contributed by atoms with Crippen LogP contribution < -0.4 is 10.1 Å². The molecule has 1 heterocycles. The van der Waals surface area contributed by atoms with E-state index in [0.717, 1.165) is 18.9 Å². The van der Waals surface area contributed by atoms with Crippen molar-refractivity contribution in [2.45, 2.75) is 45.3 Å². The zero-order valence-electron chi connectivity index (χ0n) is 19.0. The summed E-state index contributed by atoms with van der Waals surface area (Å²) in [5.74, 6) is -0.0773. The zero-order chi connectivity index (χ0) is 24.2. The summed E-state index contributed by atoms with van der Waals surface area (Å²) in [4.78, 5) is 28.6. The van der Waals surface area contributed by atoms with E-state index in [-0.39, 0.29) is 35.6 Å². The quantitative estimate of drug-likeness (QED) is 0.431. The van der Waals surface area contributed by atoms with Crippen LogP contribution in [0.25, 0.3) is 11.4 Å². The number of aromatic nitrogens is 2. The summed E-state index contributed by atoms with van der Waals surface area (Å²) >= 11 is 0. The maximum atomic E-state index is 14.5. The Labute approximate surface area is 196 Å². The van der Waals surface area contributed by atoms with Crippen molar-refractivity contribution in [2.75, 3.05) is 6.61 Å². The Morgan fingerprint density at radius 1 is 1.24 bits per heavy atom. The fourth-order valence-electron chi connectivity index (χ4n) is 3.42. The monoisotopic (exact) mass is 467 g/mol. The Kier molecular flexibility index (Phi) is 7.02. The van der Waals surface area contributed by atoms with Gasteiger partial charge in [-0.15, -0.1) is 0 Å². The number of aliphatic hydroxyl groups excluding tert-OH is 1.